The van der Waals surface area contributed by atoms with E-state index in [1.54, 1.807) is 0 Å². The molecule has 1 N–H and O–H groups in total. The summed E-state index contributed by atoms with van der Waals surface area (Å²) in [5.41, 5.74) is 1.66. The van der Waals surface area contributed by atoms with Crippen LogP contribution in [0.25, 0.3) is 0 Å². The Labute approximate surface area is 174 Å². The van der Waals surface area contributed by atoms with Gasteiger partial charge in [0.15, 0.2) is 0 Å². The summed E-state index contributed by atoms with van der Waals surface area (Å²) in [5, 5.41) is 5.81. The van der Waals surface area contributed by atoms with E-state index in [0.717, 1.165) is 36.0 Å². The minimum atomic E-state index is -0.151. The number of ether oxygens (including phenoxy) is 1. The number of benzene rings is 1. The van der Waals surface area contributed by atoms with Crippen LogP contribution in [0.3, 0.4) is 0 Å². The fourth-order valence-corrected chi connectivity index (χ4v) is 4.29. The zero-order valence-corrected chi connectivity index (χ0v) is 17.3. The molecule has 1 fully saturated rings. The predicted octanol–water partition coefficient (Wildman–Crippen LogP) is 3.44. The number of carbonyl (C=O) groups excluding carboxylic acids is 1. The molecular formula is C22H25N3O3S. The summed E-state index contributed by atoms with van der Waals surface area (Å²) < 4.78 is 11.3. The van der Waals surface area contributed by atoms with Crippen LogP contribution < -0.4 is 5.32 Å². The quantitative estimate of drug-likeness (QED) is 0.645. The summed E-state index contributed by atoms with van der Waals surface area (Å²) in [6.45, 7) is 5.42. The van der Waals surface area contributed by atoms with Gasteiger partial charge in [-0.15, -0.1) is 11.3 Å². The number of hydrogen-bond acceptors (Lipinski definition) is 6. The molecule has 1 saturated heterocycles. The van der Waals surface area contributed by atoms with Crippen molar-refractivity contribution in [3.05, 3.63) is 75.6 Å². The van der Waals surface area contributed by atoms with E-state index in [1.165, 1.54) is 16.9 Å². The largest absolute Gasteiger partial charge is 0.465 e. The molecule has 29 heavy (non-hydrogen) atoms. The van der Waals surface area contributed by atoms with E-state index < -0.39 is 0 Å². The maximum absolute atomic E-state index is 12.7. The molecule has 0 bridgehead atoms. The van der Waals surface area contributed by atoms with E-state index in [1.807, 2.05) is 42.6 Å². The molecule has 4 rings (SSSR count). The Morgan fingerprint density at radius 2 is 2.00 bits per heavy atom. The topological polar surface area (TPSA) is 67.6 Å². The maximum Gasteiger partial charge on any atom is 0.270 e. The van der Waals surface area contributed by atoms with Crippen LogP contribution in [0, 0.1) is 6.92 Å². The first-order chi connectivity index (χ1) is 14.2. The molecule has 1 unspecified atom stereocenters. The Balaban J connectivity index is 1.40. The number of furan rings is 1. The summed E-state index contributed by atoms with van der Waals surface area (Å²) in [5.74, 6) is 1.59. The number of hydrogen-bond donors (Lipinski definition) is 1. The monoisotopic (exact) mass is 411 g/mol. The number of nitrogens with one attached hydrogen (secondary N) is 1. The number of nitrogens with zero attached hydrogens (tertiary/aromatic N) is 2. The third-order valence-corrected chi connectivity index (χ3v) is 5.86. The van der Waals surface area contributed by atoms with Crippen LogP contribution in [-0.4, -0.2) is 48.6 Å². The number of thiazole rings is 1. The van der Waals surface area contributed by atoms with Gasteiger partial charge in [-0.2, -0.15) is 0 Å². The molecule has 152 valence electrons. The number of morpholine rings is 1. The van der Waals surface area contributed by atoms with E-state index in [9.17, 15) is 4.79 Å². The van der Waals surface area contributed by atoms with Crippen molar-refractivity contribution in [3.63, 3.8) is 0 Å². The van der Waals surface area contributed by atoms with E-state index >= 15 is 0 Å². The van der Waals surface area contributed by atoms with Gasteiger partial charge in [-0.05, 0) is 24.6 Å². The van der Waals surface area contributed by atoms with Crippen molar-refractivity contribution in [3.8, 4) is 0 Å². The first-order valence-electron chi connectivity index (χ1n) is 9.84. The lowest BCUT2D eigenvalue weighted by atomic mass is 10.1. The molecule has 3 aromatic rings. The Bertz CT molecular complexity index is 932. The maximum atomic E-state index is 12.7. The molecule has 1 atom stereocenters. The van der Waals surface area contributed by atoms with Gasteiger partial charge >= 0.3 is 0 Å². The van der Waals surface area contributed by atoms with Gasteiger partial charge < -0.3 is 14.5 Å². The standard InChI is InChI=1S/C22H25N3O3S/c1-16-7-8-20(28-16)19(25-9-11-27-12-10-25)14-23-22(26)18-15-29-21(24-18)13-17-5-3-2-4-6-17/h2-8,15,19H,9-14H2,1H3,(H,23,26). The second kappa shape index (κ2) is 9.35. The van der Waals surface area contributed by atoms with Crippen molar-refractivity contribution in [2.24, 2.45) is 0 Å². The average molecular weight is 412 g/mol. The predicted molar refractivity (Wildman–Crippen MR) is 112 cm³/mol. The van der Waals surface area contributed by atoms with Gasteiger partial charge in [-0.3, -0.25) is 9.69 Å². The zero-order chi connectivity index (χ0) is 20.1. The normalized spacial score (nSPS) is 15.9. The van der Waals surface area contributed by atoms with Gasteiger partial charge in [0, 0.05) is 31.4 Å². The number of amides is 1. The number of carbonyl (C=O) groups is 1. The Hall–Kier alpha value is -2.48. The molecule has 6 nitrogen and oxygen atoms in total. The second-order valence-electron chi connectivity index (χ2n) is 7.11. The van der Waals surface area contributed by atoms with Crippen LogP contribution in [0.1, 0.15) is 38.6 Å². The van der Waals surface area contributed by atoms with Gasteiger partial charge in [0.2, 0.25) is 0 Å². The van der Waals surface area contributed by atoms with Crippen molar-refractivity contribution >= 4 is 17.2 Å². The Morgan fingerprint density at radius 1 is 1.21 bits per heavy atom. The van der Waals surface area contributed by atoms with E-state index in [4.69, 9.17) is 9.15 Å². The smallest absolute Gasteiger partial charge is 0.270 e. The van der Waals surface area contributed by atoms with Crippen LogP contribution in [0.5, 0.6) is 0 Å². The molecule has 1 amide bonds. The van der Waals surface area contributed by atoms with Crippen molar-refractivity contribution in [2.75, 3.05) is 32.8 Å². The zero-order valence-electron chi connectivity index (χ0n) is 16.5. The molecule has 1 aromatic carbocycles. The molecule has 0 spiro atoms. The second-order valence-corrected chi connectivity index (χ2v) is 8.05. The van der Waals surface area contributed by atoms with Gasteiger partial charge in [0.1, 0.15) is 17.2 Å². The van der Waals surface area contributed by atoms with Crippen LogP contribution in [0.2, 0.25) is 0 Å². The first kappa shape index (κ1) is 19.8. The average Bonchev–Trinajstić information content (AvgIpc) is 3.39. The van der Waals surface area contributed by atoms with Crippen molar-refractivity contribution in [1.82, 2.24) is 15.2 Å². The Kier molecular flexibility index (Phi) is 6.39. The molecule has 1 aliphatic rings. The molecule has 0 aliphatic carbocycles. The molecule has 2 aromatic heterocycles. The third kappa shape index (κ3) is 5.12. The fraction of sp³-hybridized carbons (Fsp3) is 0.364. The van der Waals surface area contributed by atoms with E-state index in [0.29, 0.717) is 25.5 Å². The van der Waals surface area contributed by atoms with Crippen LogP contribution in [-0.2, 0) is 11.2 Å². The lowest BCUT2D eigenvalue weighted by Gasteiger charge is -2.33. The number of rotatable bonds is 7. The minimum absolute atomic E-state index is 0.0148. The Morgan fingerprint density at radius 3 is 2.72 bits per heavy atom. The van der Waals surface area contributed by atoms with Gasteiger partial charge in [0.05, 0.1) is 24.3 Å². The highest BCUT2D eigenvalue weighted by atomic mass is 32.1. The third-order valence-electron chi connectivity index (χ3n) is 5.01. The SMILES string of the molecule is Cc1ccc(C(CNC(=O)c2csc(Cc3ccccc3)n2)N2CCOCC2)o1. The van der Waals surface area contributed by atoms with Gasteiger partial charge in [-0.25, -0.2) is 4.98 Å². The molecule has 0 radical (unpaired) electrons. The lowest BCUT2D eigenvalue weighted by Crippen LogP contribution is -2.43. The molecule has 1 aliphatic heterocycles. The highest BCUT2D eigenvalue weighted by Gasteiger charge is 2.26. The summed E-state index contributed by atoms with van der Waals surface area (Å²) >= 11 is 1.52. The molecule has 7 heteroatoms. The highest BCUT2D eigenvalue weighted by Crippen LogP contribution is 2.23. The van der Waals surface area contributed by atoms with Crippen molar-refractivity contribution < 1.29 is 13.9 Å². The van der Waals surface area contributed by atoms with Crippen molar-refractivity contribution in [2.45, 2.75) is 19.4 Å². The number of aromatic nitrogens is 1. The van der Waals surface area contributed by atoms with Crippen LogP contribution in [0.15, 0.2) is 52.3 Å². The highest BCUT2D eigenvalue weighted by molar-refractivity contribution is 7.09. The summed E-state index contributed by atoms with van der Waals surface area (Å²) in [6.07, 6.45) is 0.737. The minimum Gasteiger partial charge on any atom is -0.465 e. The fourth-order valence-electron chi connectivity index (χ4n) is 3.48. The lowest BCUT2D eigenvalue weighted by molar-refractivity contribution is 0.0117. The van der Waals surface area contributed by atoms with Gasteiger partial charge in [0.25, 0.3) is 5.91 Å². The van der Waals surface area contributed by atoms with Crippen LogP contribution >= 0.6 is 11.3 Å². The number of aryl methyl sites for hydroxylation is 1. The molecular weight excluding hydrogens is 386 g/mol. The first-order valence-corrected chi connectivity index (χ1v) is 10.7. The summed E-state index contributed by atoms with van der Waals surface area (Å²) in [6, 6.07) is 14.1. The van der Waals surface area contributed by atoms with Crippen LogP contribution in [0.4, 0.5) is 0 Å². The van der Waals surface area contributed by atoms with E-state index in [2.05, 4.69) is 27.3 Å². The summed E-state index contributed by atoms with van der Waals surface area (Å²) in [7, 11) is 0. The molecule has 0 saturated carbocycles. The summed E-state index contributed by atoms with van der Waals surface area (Å²) in [4.78, 5) is 19.5. The van der Waals surface area contributed by atoms with Crippen molar-refractivity contribution in [1.29, 1.82) is 0 Å². The van der Waals surface area contributed by atoms with Gasteiger partial charge in [-0.1, -0.05) is 30.3 Å². The van der Waals surface area contributed by atoms with E-state index in [-0.39, 0.29) is 11.9 Å². The molecule has 3 heterocycles.